The van der Waals surface area contributed by atoms with Crippen LogP contribution in [0.25, 0.3) is 0 Å². The van der Waals surface area contributed by atoms with E-state index in [1.165, 1.54) is 7.11 Å². The van der Waals surface area contributed by atoms with Gasteiger partial charge in [-0.15, -0.1) is 0 Å². The van der Waals surface area contributed by atoms with E-state index in [9.17, 15) is 9.90 Å². The van der Waals surface area contributed by atoms with E-state index in [0.29, 0.717) is 18.2 Å². The molecule has 0 radical (unpaired) electrons. The summed E-state index contributed by atoms with van der Waals surface area (Å²) in [7, 11) is 1.30. The van der Waals surface area contributed by atoms with Gasteiger partial charge < -0.3 is 0 Å². The number of carbonyl (C=O) groups excluding carboxylic acids is 1. The number of rotatable bonds is 8. The predicted octanol–water partition coefficient (Wildman–Crippen LogP) is 3.41. The van der Waals surface area contributed by atoms with Crippen LogP contribution in [0.3, 0.4) is 0 Å². The number of hydrogen-bond donors (Lipinski definition) is 1. The van der Waals surface area contributed by atoms with Crippen LogP contribution in [0.2, 0.25) is 5.32 Å². The van der Waals surface area contributed by atoms with Crippen LogP contribution in [0.4, 0.5) is 0 Å². The molecular weight excluding hydrogens is 447 g/mol. The Morgan fingerprint density at radius 2 is 2.00 bits per heavy atom. The Bertz CT molecular complexity index is 546. The van der Waals surface area contributed by atoms with E-state index in [2.05, 4.69) is 15.9 Å². The van der Waals surface area contributed by atoms with Crippen molar-refractivity contribution in [3.05, 3.63) is 40.4 Å². The average molecular weight is 469 g/mol. The summed E-state index contributed by atoms with van der Waals surface area (Å²) in [6.07, 6.45) is -0.0516. The zero-order valence-corrected chi connectivity index (χ0v) is 17.6. The first-order valence-electron chi connectivity index (χ1n) is 7.26. The molecule has 1 aromatic rings. The van der Waals surface area contributed by atoms with Crippen molar-refractivity contribution in [2.45, 2.75) is 43.0 Å². The Morgan fingerprint density at radius 3 is 2.52 bits per heavy atom. The Labute approximate surface area is 157 Å². The summed E-state index contributed by atoms with van der Waals surface area (Å²) in [6, 6.07) is 9.90. The molecule has 0 amide bonds. The standard InChI is InChI=1S/C17H22BrClO3Se/c1-12(2)14(18)9-10-17(19,16(21)22-3)15(20)11-23-13-7-5-4-6-8-13/h4-8,15,20H,9-11H2,1-3H3. The SMILES string of the molecule is COC(=O)C(Cl)(CCC(Br)=C(C)C)C(O)C[Se]c1ccccc1. The molecule has 2 atom stereocenters. The number of alkyl halides is 1. The quantitative estimate of drug-likeness (QED) is 0.361. The minimum atomic E-state index is -1.42. The zero-order chi connectivity index (χ0) is 17.5. The number of allylic oxidation sites excluding steroid dienone is 2. The van der Waals surface area contributed by atoms with E-state index >= 15 is 0 Å². The molecule has 0 aliphatic heterocycles. The molecule has 0 heterocycles. The van der Waals surface area contributed by atoms with Crippen molar-refractivity contribution in [3.63, 3.8) is 0 Å². The number of hydrogen-bond acceptors (Lipinski definition) is 3. The van der Waals surface area contributed by atoms with Crippen molar-refractivity contribution in [1.82, 2.24) is 0 Å². The second-order valence-electron chi connectivity index (χ2n) is 5.40. The second kappa shape index (κ2) is 9.85. The van der Waals surface area contributed by atoms with Gasteiger partial charge in [0.15, 0.2) is 0 Å². The van der Waals surface area contributed by atoms with Gasteiger partial charge in [0.1, 0.15) is 0 Å². The summed E-state index contributed by atoms with van der Waals surface area (Å²) in [6.45, 7) is 3.96. The molecule has 128 valence electrons. The summed E-state index contributed by atoms with van der Waals surface area (Å²) in [5.74, 6) is -0.579. The molecule has 0 aliphatic rings. The minimum absolute atomic E-state index is 0.0442. The molecule has 1 aromatic carbocycles. The maximum atomic E-state index is 12.1. The van der Waals surface area contributed by atoms with Crippen molar-refractivity contribution in [1.29, 1.82) is 0 Å². The molecule has 0 spiro atoms. The number of carbonyl (C=O) groups is 1. The van der Waals surface area contributed by atoms with Gasteiger partial charge in [0.2, 0.25) is 0 Å². The fraction of sp³-hybridized carbons (Fsp3) is 0.471. The monoisotopic (exact) mass is 468 g/mol. The molecule has 23 heavy (non-hydrogen) atoms. The fourth-order valence-electron chi connectivity index (χ4n) is 1.94. The van der Waals surface area contributed by atoms with E-state index in [-0.39, 0.29) is 15.0 Å². The van der Waals surface area contributed by atoms with Crippen molar-refractivity contribution in [2.75, 3.05) is 7.11 Å². The first-order chi connectivity index (χ1) is 10.8. The van der Waals surface area contributed by atoms with Gasteiger partial charge in [-0.25, -0.2) is 0 Å². The van der Waals surface area contributed by atoms with Crippen molar-refractivity contribution >= 4 is 52.9 Å². The summed E-state index contributed by atoms with van der Waals surface area (Å²) in [4.78, 5) is 10.7. The van der Waals surface area contributed by atoms with E-state index in [1.807, 2.05) is 44.2 Å². The van der Waals surface area contributed by atoms with Crippen LogP contribution >= 0.6 is 27.5 Å². The maximum absolute atomic E-state index is 12.1. The Hall–Kier alpha value is -0.321. The summed E-state index contributed by atoms with van der Waals surface area (Å²) < 4.78 is 6.98. The van der Waals surface area contributed by atoms with Crippen molar-refractivity contribution in [3.8, 4) is 0 Å². The third-order valence-corrected chi connectivity index (χ3v) is 7.52. The number of methoxy groups -OCH3 is 1. The van der Waals surface area contributed by atoms with Gasteiger partial charge in [0.05, 0.1) is 0 Å². The summed E-state index contributed by atoms with van der Waals surface area (Å²) in [5, 5.41) is 11.0. The van der Waals surface area contributed by atoms with Crippen LogP contribution in [0, 0.1) is 0 Å². The Kier molecular flexibility index (Phi) is 8.88. The molecule has 1 rings (SSSR count). The van der Waals surface area contributed by atoms with Crippen LogP contribution in [0.1, 0.15) is 26.7 Å². The van der Waals surface area contributed by atoms with Gasteiger partial charge in [0, 0.05) is 0 Å². The second-order valence-corrected chi connectivity index (χ2v) is 9.32. The summed E-state index contributed by atoms with van der Waals surface area (Å²) >= 11 is 10.0. The van der Waals surface area contributed by atoms with E-state index in [4.69, 9.17) is 16.3 Å². The third kappa shape index (κ3) is 6.24. The molecule has 3 nitrogen and oxygen atoms in total. The van der Waals surface area contributed by atoms with Gasteiger partial charge in [-0.3, -0.25) is 0 Å². The Morgan fingerprint density at radius 1 is 1.39 bits per heavy atom. The Balaban J connectivity index is 2.79. The topological polar surface area (TPSA) is 46.5 Å². The van der Waals surface area contributed by atoms with Gasteiger partial charge in [0.25, 0.3) is 0 Å². The van der Waals surface area contributed by atoms with Crippen LogP contribution < -0.4 is 4.46 Å². The first kappa shape index (κ1) is 20.7. The molecule has 0 aliphatic carbocycles. The van der Waals surface area contributed by atoms with Crippen LogP contribution in [0.15, 0.2) is 40.4 Å². The first-order valence-corrected chi connectivity index (χ1v) is 10.5. The number of esters is 1. The van der Waals surface area contributed by atoms with E-state index in [1.54, 1.807) is 0 Å². The molecule has 0 fully saturated rings. The molecule has 0 saturated carbocycles. The predicted molar refractivity (Wildman–Crippen MR) is 99.8 cm³/mol. The van der Waals surface area contributed by atoms with Gasteiger partial charge >= 0.3 is 158 Å². The third-order valence-electron chi connectivity index (χ3n) is 3.45. The van der Waals surface area contributed by atoms with Crippen LogP contribution in [0.5, 0.6) is 0 Å². The molecule has 6 heteroatoms. The van der Waals surface area contributed by atoms with Crippen molar-refractivity contribution in [2.24, 2.45) is 0 Å². The zero-order valence-electron chi connectivity index (χ0n) is 13.5. The molecule has 1 N–H and O–H groups in total. The van der Waals surface area contributed by atoms with Crippen LogP contribution in [-0.2, 0) is 9.53 Å². The van der Waals surface area contributed by atoms with Crippen LogP contribution in [-0.4, -0.2) is 44.1 Å². The molecule has 2 unspecified atom stereocenters. The molecule has 0 aromatic heterocycles. The number of aliphatic hydroxyl groups excluding tert-OH is 1. The molecule has 0 saturated heterocycles. The summed E-state index contributed by atoms with van der Waals surface area (Å²) in [5.41, 5.74) is 1.12. The van der Waals surface area contributed by atoms with E-state index in [0.717, 1.165) is 14.5 Å². The molecular formula is C17H22BrClO3Se. The van der Waals surface area contributed by atoms with Gasteiger partial charge in [-0.2, -0.15) is 0 Å². The number of aliphatic hydroxyl groups is 1. The fourth-order valence-corrected chi connectivity index (χ4v) is 4.66. The van der Waals surface area contributed by atoms with Gasteiger partial charge in [-0.1, -0.05) is 0 Å². The normalized spacial score (nSPS) is 14.7. The molecule has 0 bridgehead atoms. The van der Waals surface area contributed by atoms with E-state index < -0.39 is 16.9 Å². The average Bonchev–Trinajstić information content (AvgIpc) is 2.56. The number of ether oxygens (including phenoxy) is 1. The van der Waals surface area contributed by atoms with Gasteiger partial charge in [-0.05, 0) is 0 Å². The number of halogens is 2. The van der Waals surface area contributed by atoms with Crippen molar-refractivity contribution < 1.29 is 14.6 Å². The number of benzene rings is 1.